The Labute approximate surface area is 235 Å². The third-order valence-corrected chi connectivity index (χ3v) is 6.83. The number of amides is 3. The number of likely N-dealkylation sites (N-methyl/N-ethyl adjacent to an activating group) is 1. The first-order valence-corrected chi connectivity index (χ1v) is 11.3. The van der Waals surface area contributed by atoms with Crippen molar-refractivity contribution in [2.24, 2.45) is 5.89 Å². The van der Waals surface area contributed by atoms with E-state index in [-0.39, 0.29) is 23.5 Å². The number of para-hydroxylation sites is 1. The van der Waals surface area contributed by atoms with Gasteiger partial charge in [-0.25, -0.2) is 13.2 Å². The lowest BCUT2D eigenvalue weighted by atomic mass is 9.80. The summed E-state index contributed by atoms with van der Waals surface area (Å²) < 4.78 is 123. The standard InChI is InChI=1S/C28H24F3N5O3/c1-14(2)8-22(35(3)25(37)21-9-16-18(29)10-19(30)23(31)24(16)33-21)26(38)36-13-28(11-15(36)12-32)17-6-4-5-7-20(17)34-27(28)39/h4-10,14-15,33H,11,13H2,1-3H3,(H,34,39)/t15-,28-/m0/s1/i1D3,2D3,3D3,14D. The monoisotopic (exact) mass is 545 g/mol. The van der Waals surface area contributed by atoms with Crippen LogP contribution in [-0.4, -0.2) is 52.1 Å². The summed E-state index contributed by atoms with van der Waals surface area (Å²) in [6.45, 7) is -12.0. The average molecular weight is 546 g/mol. The first-order valence-electron chi connectivity index (χ1n) is 16.3. The summed E-state index contributed by atoms with van der Waals surface area (Å²) in [5, 5.41) is 12.0. The summed E-state index contributed by atoms with van der Waals surface area (Å²) in [4.78, 5) is 44.0. The zero-order valence-electron chi connectivity index (χ0n) is 29.7. The number of carbonyl (C=O) groups excluding carboxylic acids is 3. The van der Waals surface area contributed by atoms with Gasteiger partial charge in [0.2, 0.25) is 5.91 Å². The van der Waals surface area contributed by atoms with Crippen molar-refractivity contribution in [1.82, 2.24) is 14.8 Å². The Morgan fingerprint density at radius 3 is 2.77 bits per heavy atom. The van der Waals surface area contributed by atoms with Crippen molar-refractivity contribution >= 4 is 34.3 Å². The maximum atomic E-state index is 14.5. The minimum Gasteiger partial charge on any atom is -0.348 e. The zero-order valence-corrected chi connectivity index (χ0v) is 19.7. The van der Waals surface area contributed by atoms with Gasteiger partial charge in [-0.05, 0) is 23.6 Å². The summed E-state index contributed by atoms with van der Waals surface area (Å²) in [6, 6.07) is 7.27. The molecule has 0 aliphatic carbocycles. The fourth-order valence-corrected chi connectivity index (χ4v) is 5.01. The number of allylic oxidation sites excluding steroid dienone is 1. The quantitative estimate of drug-likeness (QED) is 0.378. The third kappa shape index (κ3) is 4.03. The van der Waals surface area contributed by atoms with E-state index in [1.807, 2.05) is 11.1 Å². The maximum Gasteiger partial charge on any atom is 0.274 e. The SMILES string of the molecule is [2H]C([2H])([2H])N(C(=O)c1cc2c(F)cc(F)c(F)c2[nH]1)C(=CC([2H])(C([2H])([2H])[2H])C([2H])([2H])[2H])C(=O)N1C[C@]2(C[C@H]1C#N)C(=O)Nc1ccccc12. The Morgan fingerprint density at radius 1 is 1.28 bits per heavy atom. The van der Waals surface area contributed by atoms with E-state index in [1.165, 1.54) is 0 Å². The zero-order chi connectivity index (χ0) is 36.6. The highest BCUT2D eigenvalue weighted by atomic mass is 19.2. The van der Waals surface area contributed by atoms with Crippen LogP contribution in [0.25, 0.3) is 10.9 Å². The smallest absolute Gasteiger partial charge is 0.274 e. The molecule has 3 amide bonds. The Kier molecular flexibility index (Phi) is 3.91. The van der Waals surface area contributed by atoms with E-state index >= 15 is 0 Å². The molecule has 11 heteroatoms. The number of fused-ring (bicyclic) bond motifs is 3. The number of hydrogen-bond donors (Lipinski definition) is 2. The highest BCUT2D eigenvalue weighted by molar-refractivity contribution is 6.08. The molecule has 0 saturated carbocycles. The van der Waals surface area contributed by atoms with Crippen LogP contribution in [0.3, 0.4) is 0 Å². The number of anilines is 1. The van der Waals surface area contributed by atoms with E-state index in [9.17, 15) is 32.8 Å². The summed E-state index contributed by atoms with van der Waals surface area (Å²) >= 11 is 0. The fourth-order valence-electron chi connectivity index (χ4n) is 5.01. The average Bonchev–Trinajstić information content (AvgIpc) is 3.68. The molecule has 3 heterocycles. The van der Waals surface area contributed by atoms with Crippen molar-refractivity contribution in [3.05, 3.63) is 76.9 Å². The summed E-state index contributed by atoms with van der Waals surface area (Å²) in [5.41, 5.74) is -4.29. The lowest BCUT2D eigenvalue weighted by molar-refractivity contribution is -0.129. The number of nitrogens with zero attached hydrogens (tertiary/aromatic N) is 3. The first kappa shape index (κ1) is 16.4. The van der Waals surface area contributed by atoms with E-state index < -0.39 is 102 Å². The molecule has 2 aromatic carbocycles. The maximum absolute atomic E-state index is 14.5. The third-order valence-electron chi connectivity index (χ3n) is 6.83. The molecule has 0 unspecified atom stereocenters. The van der Waals surface area contributed by atoms with Crippen molar-refractivity contribution < 1.29 is 41.3 Å². The minimum absolute atomic E-state index is 0.0504. The lowest BCUT2D eigenvalue weighted by Gasteiger charge is -2.27. The van der Waals surface area contributed by atoms with Crippen LogP contribution in [0, 0.1) is 34.7 Å². The summed E-state index contributed by atoms with van der Waals surface area (Å²) in [6.07, 6.45) is -0.408. The number of aromatic amines is 1. The van der Waals surface area contributed by atoms with E-state index in [2.05, 4.69) is 5.32 Å². The molecule has 1 spiro atoms. The molecule has 39 heavy (non-hydrogen) atoms. The first-order chi connectivity index (χ1) is 22.5. The van der Waals surface area contributed by atoms with E-state index in [4.69, 9.17) is 13.7 Å². The molecule has 2 aliphatic rings. The molecular formula is C28H24F3N5O3. The molecular weight excluding hydrogens is 511 g/mol. The lowest BCUT2D eigenvalue weighted by Crippen LogP contribution is -2.44. The van der Waals surface area contributed by atoms with Gasteiger partial charge < -0.3 is 20.1 Å². The predicted octanol–water partition coefficient (Wildman–Crippen LogP) is 4.21. The van der Waals surface area contributed by atoms with Crippen molar-refractivity contribution in [1.29, 1.82) is 5.26 Å². The number of carbonyl (C=O) groups is 3. The van der Waals surface area contributed by atoms with Crippen molar-refractivity contribution in [3.8, 4) is 6.07 Å². The van der Waals surface area contributed by atoms with E-state index in [0.717, 1.165) is 0 Å². The van der Waals surface area contributed by atoms with E-state index in [0.29, 0.717) is 22.2 Å². The van der Waals surface area contributed by atoms with Gasteiger partial charge >= 0.3 is 0 Å². The van der Waals surface area contributed by atoms with Gasteiger partial charge in [-0.3, -0.25) is 14.4 Å². The molecule has 200 valence electrons. The second kappa shape index (κ2) is 9.31. The van der Waals surface area contributed by atoms with Crippen LogP contribution in [0.4, 0.5) is 18.9 Å². The van der Waals surface area contributed by atoms with Crippen molar-refractivity contribution in [3.63, 3.8) is 0 Å². The fraction of sp³-hybridized carbons (Fsp3) is 0.286. The van der Waals surface area contributed by atoms with Gasteiger partial charge in [0.1, 0.15) is 23.3 Å². The minimum atomic E-state index is -3.81. The molecule has 1 aromatic heterocycles. The number of nitriles is 1. The van der Waals surface area contributed by atoms with Crippen LogP contribution in [0.15, 0.2) is 48.2 Å². The molecule has 3 aromatic rings. The molecule has 2 N–H and O–H groups in total. The van der Waals surface area contributed by atoms with Crippen molar-refractivity contribution in [2.45, 2.75) is 31.6 Å². The number of likely N-dealkylation sites (tertiary alicyclic amines) is 1. The normalized spacial score (nSPS) is 25.5. The van der Waals surface area contributed by atoms with Gasteiger partial charge in [-0.2, -0.15) is 5.26 Å². The Morgan fingerprint density at radius 2 is 2.05 bits per heavy atom. The Balaban J connectivity index is 1.74. The molecule has 1 saturated heterocycles. The number of H-pyrrole nitrogens is 1. The number of rotatable bonds is 4. The van der Waals surface area contributed by atoms with Gasteiger partial charge in [0.05, 0.1) is 17.0 Å². The predicted molar refractivity (Wildman–Crippen MR) is 136 cm³/mol. The number of hydrogen-bond acceptors (Lipinski definition) is 4. The van der Waals surface area contributed by atoms with Crippen molar-refractivity contribution in [2.75, 3.05) is 18.8 Å². The molecule has 2 aliphatic heterocycles. The van der Waals surface area contributed by atoms with E-state index in [1.54, 1.807) is 24.3 Å². The molecule has 2 atom stereocenters. The Bertz CT molecular complexity index is 1970. The molecule has 1 fully saturated rings. The van der Waals surface area contributed by atoms with Crippen LogP contribution >= 0.6 is 0 Å². The number of halogens is 3. The van der Waals surface area contributed by atoms with Crippen LogP contribution in [0.5, 0.6) is 0 Å². The highest BCUT2D eigenvalue weighted by Crippen LogP contribution is 2.46. The second-order valence-corrected chi connectivity index (χ2v) is 9.07. The van der Waals surface area contributed by atoms with Crippen LogP contribution in [0.1, 0.15) is 49.9 Å². The summed E-state index contributed by atoms with van der Waals surface area (Å²) in [7, 11) is 0. The molecule has 0 radical (unpaired) electrons. The number of aromatic nitrogens is 1. The topological polar surface area (TPSA) is 109 Å². The van der Waals surface area contributed by atoms with Crippen LogP contribution in [-0.2, 0) is 15.0 Å². The second-order valence-electron chi connectivity index (χ2n) is 9.07. The Hall–Kier alpha value is -4.59. The molecule has 0 bridgehead atoms. The largest absolute Gasteiger partial charge is 0.348 e. The van der Waals surface area contributed by atoms with Gasteiger partial charge in [-0.15, -0.1) is 0 Å². The van der Waals surface area contributed by atoms with Crippen LogP contribution in [0.2, 0.25) is 0 Å². The summed E-state index contributed by atoms with van der Waals surface area (Å²) in [5.74, 6) is -12.6. The van der Waals surface area contributed by atoms with Gasteiger partial charge in [0.25, 0.3) is 11.8 Å². The van der Waals surface area contributed by atoms with Gasteiger partial charge in [0.15, 0.2) is 11.6 Å². The van der Waals surface area contributed by atoms with Crippen LogP contribution < -0.4 is 5.32 Å². The number of benzene rings is 2. The van der Waals surface area contributed by atoms with Gasteiger partial charge in [-0.1, -0.05) is 38.0 Å². The number of nitrogens with one attached hydrogen (secondary N) is 2. The highest BCUT2D eigenvalue weighted by Gasteiger charge is 2.56. The molecule has 5 rings (SSSR count). The van der Waals surface area contributed by atoms with Gasteiger partial charge in [0, 0.05) is 50.8 Å². The molecule has 8 nitrogen and oxygen atoms in total.